The molecule has 10 heteroatoms. The topological polar surface area (TPSA) is 81.2 Å². The molecule has 0 aliphatic heterocycles. The van der Waals surface area contributed by atoms with E-state index in [1.165, 1.54) is 17.0 Å². The number of hydrogen-bond acceptors (Lipinski definition) is 4. The number of alkyl halides is 3. The van der Waals surface area contributed by atoms with Crippen molar-refractivity contribution in [2.24, 2.45) is 7.05 Å². The van der Waals surface area contributed by atoms with Gasteiger partial charge in [0, 0.05) is 7.05 Å². The van der Waals surface area contributed by atoms with E-state index in [0.29, 0.717) is 11.4 Å². The fourth-order valence-electron chi connectivity index (χ4n) is 2.69. The lowest BCUT2D eigenvalue weighted by atomic mass is 10.3. The first-order valence-electron chi connectivity index (χ1n) is 8.22. The summed E-state index contributed by atoms with van der Waals surface area (Å²) in [6.07, 6.45) is 0.167. The van der Waals surface area contributed by atoms with Crippen molar-refractivity contribution in [2.75, 3.05) is 5.32 Å². The fraction of sp³-hybridized carbons (Fsp3) is 0.222. The van der Waals surface area contributed by atoms with Gasteiger partial charge in [0.05, 0.1) is 17.6 Å². The second-order valence-electron chi connectivity index (χ2n) is 6.01. The van der Waals surface area contributed by atoms with Crippen molar-refractivity contribution in [1.29, 1.82) is 0 Å². The minimum atomic E-state index is -1.94. The van der Waals surface area contributed by atoms with Crippen molar-refractivity contribution < 1.29 is 9.21 Å². The molecule has 0 unspecified atom stereocenters. The molecule has 0 aliphatic carbocycles. The molecule has 3 aromatic rings. The smallest absolute Gasteiger partial charge is 0.295 e. The Kier molecular flexibility index (Phi) is 5.79. The van der Waals surface area contributed by atoms with Crippen LogP contribution < -0.4 is 16.2 Å². The summed E-state index contributed by atoms with van der Waals surface area (Å²) in [6, 6.07) is 12.1. The van der Waals surface area contributed by atoms with Crippen molar-refractivity contribution in [2.45, 2.75) is 16.9 Å². The van der Waals surface area contributed by atoms with Gasteiger partial charge in [0.25, 0.3) is 11.5 Å². The van der Waals surface area contributed by atoms with Gasteiger partial charge in [-0.1, -0.05) is 53.0 Å². The number of benzene rings is 1. The van der Waals surface area contributed by atoms with E-state index in [-0.39, 0.29) is 17.0 Å². The molecule has 2 aromatic heterocycles. The van der Waals surface area contributed by atoms with Crippen LogP contribution >= 0.6 is 34.8 Å². The lowest BCUT2D eigenvalue weighted by molar-refractivity contribution is 0.0914. The van der Waals surface area contributed by atoms with Crippen LogP contribution in [0.2, 0.25) is 0 Å². The predicted octanol–water partition coefficient (Wildman–Crippen LogP) is 3.62. The third-order valence-electron chi connectivity index (χ3n) is 4.19. The Labute approximate surface area is 175 Å². The Bertz CT molecular complexity index is 1020. The van der Waals surface area contributed by atoms with E-state index in [4.69, 9.17) is 39.2 Å². The normalized spacial score (nSPS) is 12.6. The minimum absolute atomic E-state index is 0.0486. The molecule has 0 saturated carbocycles. The monoisotopic (exact) mass is 442 g/mol. The van der Waals surface area contributed by atoms with Gasteiger partial charge in [-0.2, -0.15) is 0 Å². The van der Waals surface area contributed by atoms with Gasteiger partial charge in [-0.15, -0.1) is 0 Å². The quantitative estimate of drug-likeness (QED) is 0.466. The van der Waals surface area contributed by atoms with Gasteiger partial charge in [0.15, 0.2) is 5.76 Å². The molecule has 0 fully saturated rings. The molecular weight excluding hydrogens is 427 g/mol. The summed E-state index contributed by atoms with van der Waals surface area (Å²) in [4.78, 5) is 25.3. The number of rotatable bonds is 5. The van der Waals surface area contributed by atoms with Crippen LogP contribution in [0.1, 0.15) is 16.2 Å². The maximum absolute atomic E-state index is 13.0. The molecular formula is C18H17Cl3N4O3. The van der Waals surface area contributed by atoms with Crippen molar-refractivity contribution in [1.82, 2.24) is 14.7 Å². The highest BCUT2D eigenvalue weighted by Crippen LogP contribution is 2.31. The second kappa shape index (κ2) is 7.95. The predicted molar refractivity (Wildman–Crippen MR) is 110 cm³/mol. The molecule has 2 heterocycles. The Morgan fingerprint density at radius 2 is 1.82 bits per heavy atom. The molecule has 0 spiro atoms. The Hall–Kier alpha value is -2.35. The fourth-order valence-corrected chi connectivity index (χ4v) is 3.02. The van der Waals surface area contributed by atoms with Gasteiger partial charge < -0.3 is 15.1 Å². The highest BCUT2D eigenvalue weighted by molar-refractivity contribution is 6.68. The Morgan fingerprint density at radius 1 is 1.14 bits per heavy atom. The van der Waals surface area contributed by atoms with Crippen molar-refractivity contribution >= 4 is 46.4 Å². The van der Waals surface area contributed by atoms with Gasteiger partial charge >= 0.3 is 0 Å². The summed E-state index contributed by atoms with van der Waals surface area (Å²) < 4.78 is 6.26. The number of furan rings is 1. The molecule has 3 rings (SSSR count). The largest absolute Gasteiger partial charge is 0.459 e. The van der Waals surface area contributed by atoms with Crippen LogP contribution in [-0.4, -0.2) is 25.2 Å². The van der Waals surface area contributed by atoms with E-state index in [0.717, 1.165) is 0 Å². The molecule has 0 aliphatic rings. The molecule has 28 heavy (non-hydrogen) atoms. The third-order valence-corrected chi connectivity index (χ3v) is 4.85. The summed E-state index contributed by atoms with van der Waals surface area (Å²) in [7, 11) is 1.74. The Morgan fingerprint density at radius 3 is 2.39 bits per heavy atom. The zero-order chi connectivity index (χ0) is 20.5. The lowest BCUT2D eigenvalue weighted by Crippen LogP contribution is -2.49. The van der Waals surface area contributed by atoms with Crippen LogP contribution in [0.25, 0.3) is 5.69 Å². The molecule has 7 nitrogen and oxygen atoms in total. The first-order chi connectivity index (χ1) is 13.2. The van der Waals surface area contributed by atoms with E-state index in [9.17, 15) is 9.59 Å². The molecule has 148 valence electrons. The number of hydrogen-bond donors (Lipinski definition) is 2. The van der Waals surface area contributed by atoms with Crippen molar-refractivity contribution in [3.8, 4) is 5.69 Å². The van der Waals surface area contributed by atoms with Crippen LogP contribution in [0.3, 0.4) is 0 Å². The van der Waals surface area contributed by atoms with Gasteiger partial charge in [-0.3, -0.25) is 14.3 Å². The van der Waals surface area contributed by atoms with Crippen LogP contribution in [0.5, 0.6) is 0 Å². The van der Waals surface area contributed by atoms with Gasteiger partial charge in [0.2, 0.25) is 3.79 Å². The van der Waals surface area contributed by atoms with E-state index in [2.05, 4.69) is 10.6 Å². The maximum Gasteiger partial charge on any atom is 0.295 e. The molecule has 2 N–H and O–H groups in total. The molecule has 1 aromatic carbocycles. The number of nitrogens with one attached hydrogen (secondary N) is 2. The number of aromatic nitrogens is 2. The third kappa shape index (κ3) is 4.06. The molecule has 0 radical (unpaired) electrons. The number of amides is 1. The van der Waals surface area contributed by atoms with E-state index in [1.54, 1.807) is 36.9 Å². The van der Waals surface area contributed by atoms with Crippen LogP contribution in [0, 0.1) is 6.92 Å². The Balaban J connectivity index is 1.96. The SMILES string of the molecule is Cc1c(N[C@H](NC(=O)c2ccco2)C(Cl)(Cl)Cl)c(=O)n(-c2ccccc2)n1C. The number of para-hydroxylation sites is 1. The highest BCUT2D eigenvalue weighted by Gasteiger charge is 2.36. The number of halogens is 3. The lowest BCUT2D eigenvalue weighted by Gasteiger charge is -2.26. The van der Waals surface area contributed by atoms with Crippen molar-refractivity contribution in [3.63, 3.8) is 0 Å². The van der Waals surface area contributed by atoms with E-state index >= 15 is 0 Å². The zero-order valence-corrected chi connectivity index (χ0v) is 17.2. The summed E-state index contributed by atoms with van der Waals surface area (Å²) in [5.74, 6) is -0.543. The van der Waals surface area contributed by atoms with Crippen molar-refractivity contribution in [3.05, 3.63) is 70.5 Å². The minimum Gasteiger partial charge on any atom is -0.459 e. The van der Waals surface area contributed by atoms with Gasteiger partial charge in [-0.05, 0) is 31.2 Å². The molecule has 1 atom stereocenters. The summed E-state index contributed by atoms with van der Waals surface area (Å²) >= 11 is 18.1. The van der Waals surface area contributed by atoms with E-state index in [1.807, 2.05) is 18.2 Å². The number of carbonyl (C=O) groups excluding carboxylic acids is 1. The summed E-state index contributed by atoms with van der Waals surface area (Å²) in [5, 5.41) is 5.39. The maximum atomic E-state index is 13.0. The first-order valence-corrected chi connectivity index (χ1v) is 9.35. The average molecular weight is 444 g/mol. The zero-order valence-electron chi connectivity index (χ0n) is 14.9. The van der Waals surface area contributed by atoms with Gasteiger partial charge in [-0.25, -0.2) is 4.68 Å². The number of anilines is 1. The summed E-state index contributed by atoms with van der Waals surface area (Å²) in [6.45, 7) is 1.74. The molecule has 0 saturated heterocycles. The average Bonchev–Trinajstić information content (AvgIpc) is 3.25. The van der Waals surface area contributed by atoms with Gasteiger partial charge in [0.1, 0.15) is 11.9 Å². The number of carbonyl (C=O) groups is 1. The van der Waals surface area contributed by atoms with E-state index < -0.39 is 15.9 Å². The summed E-state index contributed by atoms with van der Waals surface area (Å²) in [5.41, 5.74) is 1.12. The standard InChI is InChI=1S/C18H17Cl3N4O3/c1-11-14(16(27)25(24(11)2)12-7-4-3-5-8-12)22-17(18(19,20)21)23-15(26)13-9-6-10-28-13/h3-10,17,22H,1-2H3,(H,23,26)/t17-/m1/s1. The van der Waals surface area contributed by atoms with Crippen LogP contribution in [0.4, 0.5) is 5.69 Å². The van der Waals surface area contributed by atoms with Crippen LogP contribution in [-0.2, 0) is 7.05 Å². The second-order valence-corrected chi connectivity index (χ2v) is 8.38. The highest BCUT2D eigenvalue weighted by atomic mass is 35.6. The molecule has 0 bridgehead atoms. The first kappa shape index (κ1) is 20.4. The number of nitrogens with zero attached hydrogens (tertiary/aromatic N) is 2. The van der Waals surface area contributed by atoms with Crippen LogP contribution in [0.15, 0.2) is 57.9 Å². The molecule has 1 amide bonds.